The van der Waals surface area contributed by atoms with Crippen molar-refractivity contribution >= 4 is 0 Å². The third-order valence-electron chi connectivity index (χ3n) is 3.00. The van der Waals surface area contributed by atoms with Gasteiger partial charge in [-0.05, 0) is 31.2 Å². The average Bonchev–Trinajstić information content (AvgIpc) is 2.53. The minimum atomic E-state index is 0.548. The van der Waals surface area contributed by atoms with Gasteiger partial charge in [0.1, 0.15) is 0 Å². The van der Waals surface area contributed by atoms with Crippen molar-refractivity contribution in [1.29, 1.82) is 5.26 Å². The molecular formula is C11H20N2. The summed E-state index contributed by atoms with van der Waals surface area (Å²) in [5.41, 5.74) is 0.548. The maximum absolute atomic E-state index is 8.35. The lowest BCUT2D eigenvalue weighted by Crippen LogP contribution is -2.30. The molecule has 0 heterocycles. The predicted molar refractivity (Wildman–Crippen MR) is 54.3 cm³/mol. The maximum atomic E-state index is 8.35. The van der Waals surface area contributed by atoms with Gasteiger partial charge in [0.05, 0.1) is 6.07 Å². The molecular weight excluding hydrogens is 160 g/mol. The molecule has 0 aliphatic heterocycles. The van der Waals surface area contributed by atoms with Gasteiger partial charge >= 0.3 is 0 Å². The van der Waals surface area contributed by atoms with E-state index in [1.165, 1.54) is 25.7 Å². The van der Waals surface area contributed by atoms with Crippen LogP contribution < -0.4 is 5.32 Å². The zero-order valence-electron chi connectivity index (χ0n) is 8.60. The molecule has 1 aliphatic rings. The molecule has 1 N–H and O–H groups in total. The Kier molecular flexibility index (Phi) is 4.24. The van der Waals surface area contributed by atoms with Crippen molar-refractivity contribution in [2.75, 3.05) is 13.1 Å². The molecule has 0 amide bonds. The molecule has 0 spiro atoms. The molecule has 0 unspecified atom stereocenters. The standard InChI is InChI=1S/C11H20N2/c1-11(6-2-3-7-11)10-13-9-5-4-8-12/h13H,2-7,9-10H2,1H3. The van der Waals surface area contributed by atoms with Gasteiger partial charge < -0.3 is 5.32 Å². The fourth-order valence-electron chi connectivity index (χ4n) is 2.09. The van der Waals surface area contributed by atoms with E-state index in [-0.39, 0.29) is 0 Å². The zero-order chi connectivity index (χ0) is 9.57. The number of nitrogens with zero attached hydrogens (tertiary/aromatic N) is 1. The third-order valence-corrected chi connectivity index (χ3v) is 3.00. The first-order valence-corrected chi connectivity index (χ1v) is 5.34. The van der Waals surface area contributed by atoms with E-state index in [9.17, 15) is 0 Å². The van der Waals surface area contributed by atoms with E-state index >= 15 is 0 Å². The largest absolute Gasteiger partial charge is 0.316 e. The highest BCUT2D eigenvalue weighted by Crippen LogP contribution is 2.36. The minimum absolute atomic E-state index is 0.548. The van der Waals surface area contributed by atoms with Crippen molar-refractivity contribution < 1.29 is 0 Å². The highest BCUT2D eigenvalue weighted by molar-refractivity contribution is 4.82. The maximum Gasteiger partial charge on any atom is 0.0622 e. The lowest BCUT2D eigenvalue weighted by atomic mass is 9.89. The Balaban J connectivity index is 2.02. The van der Waals surface area contributed by atoms with E-state index in [1.807, 2.05) is 0 Å². The van der Waals surface area contributed by atoms with Crippen LogP contribution in [0.2, 0.25) is 0 Å². The number of nitrogens with one attached hydrogen (secondary N) is 1. The lowest BCUT2D eigenvalue weighted by Gasteiger charge is -2.23. The van der Waals surface area contributed by atoms with Crippen LogP contribution in [0, 0.1) is 16.7 Å². The first-order chi connectivity index (χ1) is 6.27. The summed E-state index contributed by atoms with van der Waals surface area (Å²) in [6, 6.07) is 2.17. The number of hydrogen-bond donors (Lipinski definition) is 1. The van der Waals surface area contributed by atoms with E-state index in [0.717, 1.165) is 19.5 Å². The Labute approximate surface area is 81.3 Å². The van der Waals surface area contributed by atoms with Crippen molar-refractivity contribution in [2.45, 2.75) is 45.4 Å². The average molecular weight is 180 g/mol. The van der Waals surface area contributed by atoms with Gasteiger partial charge in [-0.15, -0.1) is 0 Å². The molecule has 1 aliphatic carbocycles. The summed E-state index contributed by atoms with van der Waals surface area (Å²) in [5.74, 6) is 0. The quantitative estimate of drug-likeness (QED) is 0.660. The zero-order valence-corrected chi connectivity index (χ0v) is 8.60. The molecule has 0 aromatic rings. The van der Waals surface area contributed by atoms with E-state index in [0.29, 0.717) is 11.8 Å². The van der Waals surface area contributed by atoms with Gasteiger partial charge in [0.15, 0.2) is 0 Å². The smallest absolute Gasteiger partial charge is 0.0622 e. The van der Waals surface area contributed by atoms with Gasteiger partial charge in [0.2, 0.25) is 0 Å². The van der Waals surface area contributed by atoms with Crippen LogP contribution in [0.5, 0.6) is 0 Å². The predicted octanol–water partition coefficient (Wildman–Crippen LogP) is 2.46. The summed E-state index contributed by atoms with van der Waals surface area (Å²) < 4.78 is 0. The molecule has 0 atom stereocenters. The Morgan fingerprint density at radius 3 is 2.69 bits per heavy atom. The van der Waals surface area contributed by atoms with E-state index in [1.54, 1.807) is 0 Å². The second-order valence-corrected chi connectivity index (χ2v) is 4.46. The Morgan fingerprint density at radius 2 is 2.08 bits per heavy atom. The fraction of sp³-hybridized carbons (Fsp3) is 0.909. The highest BCUT2D eigenvalue weighted by Gasteiger charge is 2.27. The van der Waals surface area contributed by atoms with Crippen LogP contribution >= 0.6 is 0 Å². The second kappa shape index (κ2) is 5.24. The first-order valence-electron chi connectivity index (χ1n) is 5.34. The second-order valence-electron chi connectivity index (χ2n) is 4.46. The van der Waals surface area contributed by atoms with Gasteiger partial charge in [-0.25, -0.2) is 0 Å². The Hall–Kier alpha value is -0.550. The molecule has 0 bridgehead atoms. The van der Waals surface area contributed by atoms with Crippen LogP contribution in [-0.4, -0.2) is 13.1 Å². The molecule has 2 heteroatoms. The fourth-order valence-corrected chi connectivity index (χ4v) is 2.09. The van der Waals surface area contributed by atoms with Gasteiger partial charge in [0, 0.05) is 13.0 Å². The van der Waals surface area contributed by atoms with Crippen LogP contribution in [0.15, 0.2) is 0 Å². The molecule has 0 aromatic carbocycles. The number of hydrogen-bond acceptors (Lipinski definition) is 2. The van der Waals surface area contributed by atoms with Crippen molar-refractivity contribution in [3.63, 3.8) is 0 Å². The topological polar surface area (TPSA) is 35.8 Å². The van der Waals surface area contributed by atoms with Crippen molar-refractivity contribution in [2.24, 2.45) is 5.41 Å². The first kappa shape index (κ1) is 10.5. The molecule has 13 heavy (non-hydrogen) atoms. The third kappa shape index (κ3) is 3.78. The molecule has 1 saturated carbocycles. The molecule has 0 aromatic heterocycles. The lowest BCUT2D eigenvalue weighted by molar-refractivity contribution is 0.315. The van der Waals surface area contributed by atoms with Gasteiger partial charge in [0.25, 0.3) is 0 Å². The molecule has 0 saturated heterocycles. The Morgan fingerprint density at radius 1 is 1.38 bits per heavy atom. The summed E-state index contributed by atoms with van der Waals surface area (Å²) in [4.78, 5) is 0. The summed E-state index contributed by atoms with van der Waals surface area (Å²) >= 11 is 0. The number of unbranched alkanes of at least 4 members (excludes halogenated alkanes) is 1. The normalized spacial score (nSPS) is 20.0. The highest BCUT2D eigenvalue weighted by atomic mass is 14.9. The van der Waals surface area contributed by atoms with Crippen LogP contribution in [0.1, 0.15) is 45.4 Å². The molecule has 0 radical (unpaired) electrons. The van der Waals surface area contributed by atoms with Crippen LogP contribution in [0.4, 0.5) is 0 Å². The van der Waals surface area contributed by atoms with Gasteiger partial charge in [-0.1, -0.05) is 19.8 Å². The van der Waals surface area contributed by atoms with Crippen LogP contribution in [-0.2, 0) is 0 Å². The Bertz CT molecular complexity index is 175. The van der Waals surface area contributed by atoms with E-state index in [2.05, 4.69) is 18.3 Å². The number of nitriles is 1. The summed E-state index contributed by atoms with van der Waals surface area (Å²) in [7, 11) is 0. The van der Waals surface area contributed by atoms with Crippen LogP contribution in [0.3, 0.4) is 0 Å². The van der Waals surface area contributed by atoms with Crippen LogP contribution in [0.25, 0.3) is 0 Å². The van der Waals surface area contributed by atoms with E-state index < -0.39 is 0 Å². The summed E-state index contributed by atoms with van der Waals surface area (Å²) in [5, 5.41) is 11.8. The van der Waals surface area contributed by atoms with Gasteiger partial charge in [-0.2, -0.15) is 5.26 Å². The minimum Gasteiger partial charge on any atom is -0.316 e. The molecule has 1 fully saturated rings. The molecule has 74 valence electrons. The van der Waals surface area contributed by atoms with Gasteiger partial charge in [-0.3, -0.25) is 0 Å². The van der Waals surface area contributed by atoms with Crippen molar-refractivity contribution in [3.05, 3.63) is 0 Å². The van der Waals surface area contributed by atoms with Crippen molar-refractivity contribution in [1.82, 2.24) is 5.32 Å². The molecule has 1 rings (SSSR count). The number of rotatable bonds is 5. The monoisotopic (exact) mass is 180 g/mol. The summed E-state index contributed by atoms with van der Waals surface area (Å²) in [6.45, 7) is 4.51. The summed E-state index contributed by atoms with van der Waals surface area (Å²) in [6.07, 6.45) is 7.22. The SMILES string of the molecule is CC1(CNCCCC#N)CCCC1. The van der Waals surface area contributed by atoms with Crippen molar-refractivity contribution in [3.8, 4) is 6.07 Å². The van der Waals surface area contributed by atoms with E-state index in [4.69, 9.17) is 5.26 Å². The molecule has 2 nitrogen and oxygen atoms in total.